The molecule has 0 aliphatic rings. The van der Waals surface area contributed by atoms with Crippen LogP contribution in [0.15, 0.2) is 168 Å². The summed E-state index contributed by atoms with van der Waals surface area (Å²) in [5, 5.41) is 13.6. The van der Waals surface area contributed by atoms with Gasteiger partial charge in [0.25, 0.3) is 0 Å². The molecule has 0 saturated heterocycles. The largest absolute Gasteiger partial charge is 0.456 e. The molecule has 3 aromatic heterocycles. The van der Waals surface area contributed by atoms with Gasteiger partial charge in [-0.05, 0) is 64.7 Å². The molecule has 3 heterocycles. The van der Waals surface area contributed by atoms with Gasteiger partial charge < -0.3 is 4.42 Å². The number of furan rings is 1. The van der Waals surface area contributed by atoms with Crippen LogP contribution in [-0.4, -0.2) is 19.5 Å². The molecule has 7 aromatic carbocycles. The Bertz CT molecular complexity index is 3010. The topological polar surface area (TPSA) is 80.5 Å². The average Bonchev–Trinajstić information content (AvgIpc) is 3.76. The third-order valence-corrected chi connectivity index (χ3v) is 9.72. The first-order valence-corrected chi connectivity index (χ1v) is 17.1. The van der Waals surface area contributed by atoms with E-state index in [0.29, 0.717) is 23.2 Å². The fourth-order valence-electron chi connectivity index (χ4n) is 7.24. The number of fused-ring (bicyclic) bond motifs is 6. The van der Waals surface area contributed by atoms with Gasteiger partial charge in [0, 0.05) is 32.7 Å². The Labute approximate surface area is 298 Å². The molecule has 0 amide bonds. The van der Waals surface area contributed by atoms with Crippen LogP contribution in [0.4, 0.5) is 0 Å². The third kappa shape index (κ3) is 4.84. The Morgan fingerprint density at radius 1 is 0.462 bits per heavy atom. The number of nitrogens with zero attached hydrogens (tertiary/aromatic N) is 5. The van der Waals surface area contributed by atoms with E-state index >= 15 is 0 Å². The molecule has 6 nitrogen and oxygen atoms in total. The minimum Gasteiger partial charge on any atom is -0.456 e. The zero-order valence-electron chi connectivity index (χ0n) is 27.7. The summed E-state index contributed by atoms with van der Waals surface area (Å²) in [7, 11) is 0. The van der Waals surface area contributed by atoms with Crippen molar-refractivity contribution >= 4 is 43.7 Å². The highest BCUT2D eigenvalue weighted by molar-refractivity contribution is 6.13. The molecule has 6 heteroatoms. The molecule has 0 fully saturated rings. The van der Waals surface area contributed by atoms with Crippen molar-refractivity contribution in [2.24, 2.45) is 0 Å². The van der Waals surface area contributed by atoms with E-state index in [1.165, 1.54) is 0 Å². The monoisotopic (exact) mass is 665 g/mol. The summed E-state index contributed by atoms with van der Waals surface area (Å²) in [4.78, 5) is 15.4. The predicted molar refractivity (Wildman–Crippen MR) is 208 cm³/mol. The first-order valence-electron chi connectivity index (χ1n) is 17.1. The molecule has 0 unspecified atom stereocenters. The molecule has 52 heavy (non-hydrogen) atoms. The van der Waals surface area contributed by atoms with Crippen LogP contribution in [0.5, 0.6) is 0 Å². The molecular weight excluding hydrogens is 639 g/mol. The van der Waals surface area contributed by atoms with Gasteiger partial charge in [0.15, 0.2) is 11.6 Å². The van der Waals surface area contributed by atoms with Crippen LogP contribution < -0.4 is 0 Å². The zero-order valence-corrected chi connectivity index (χ0v) is 27.7. The van der Waals surface area contributed by atoms with E-state index < -0.39 is 0 Å². The van der Waals surface area contributed by atoms with Crippen LogP contribution in [0.2, 0.25) is 0 Å². The van der Waals surface area contributed by atoms with E-state index in [0.717, 1.165) is 77.1 Å². The Morgan fingerprint density at radius 2 is 1.12 bits per heavy atom. The normalized spacial score (nSPS) is 11.4. The Balaban J connectivity index is 1.19. The van der Waals surface area contributed by atoms with Crippen LogP contribution in [0.3, 0.4) is 0 Å². The lowest BCUT2D eigenvalue weighted by molar-refractivity contribution is 0.669. The van der Waals surface area contributed by atoms with Gasteiger partial charge in [-0.3, -0.25) is 4.57 Å². The van der Waals surface area contributed by atoms with E-state index in [9.17, 15) is 5.26 Å². The van der Waals surface area contributed by atoms with Gasteiger partial charge in [-0.15, -0.1) is 0 Å². The molecular formula is C46H27N5O. The molecule has 0 N–H and O–H groups in total. The summed E-state index contributed by atoms with van der Waals surface area (Å²) in [5.41, 5.74) is 10.2. The standard InChI is InChI=1S/C46H27N5O/c47-28-29-18-20-31(21-19-29)35-15-9-17-41-43(35)38-25-23-34(27-42(38)52-41)45-48-44(32-12-5-2-6-13-32)49-46(50-45)51-39-16-8-7-14-36(39)37-24-22-33(26-40(37)51)30-10-3-1-4-11-30/h1-27H. The molecule has 242 valence electrons. The summed E-state index contributed by atoms with van der Waals surface area (Å²) in [5.74, 6) is 1.66. The highest BCUT2D eigenvalue weighted by Crippen LogP contribution is 2.39. The van der Waals surface area contributed by atoms with Crippen molar-refractivity contribution in [3.63, 3.8) is 0 Å². The van der Waals surface area contributed by atoms with Crippen LogP contribution in [0, 0.1) is 11.3 Å². The highest BCUT2D eigenvalue weighted by Gasteiger charge is 2.20. The number of aromatic nitrogens is 4. The summed E-state index contributed by atoms with van der Waals surface area (Å²) in [6, 6.07) is 57.5. The molecule has 0 radical (unpaired) electrons. The van der Waals surface area contributed by atoms with Gasteiger partial charge in [-0.2, -0.15) is 15.2 Å². The number of rotatable bonds is 5. The van der Waals surface area contributed by atoms with E-state index in [1.807, 2.05) is 78.9 Å². The van der Waals surface area contributed by atoms with E-state index in [1.54, 1.807) is 0 Å². The molecule has 0 spiro atoms. The number of benzene rings is 7. The lowest BCUT2D eigenvalue weighted by atomic mass is 9.98. The minimum absolute atomic E-state index is 0.535. The van der Waals surface area contributed by atoms with Crippen molar-refractivity contribution in [3.8, 4) is 57.0 Å². The Hall–Kier alpha value is -7.36. The second kappa shape index (κ2) is 11.9. The molecule has 0 aliphatic carbocycles. The molecule has 0 saturated carbocycles. The van der Waals surface area contributed by atoms with Crippen molar-refractivity contribution in [2.45, 2.75) is 0 Å². The fraction of sp³-hybridized carbons (Fsp3) is 0. The van der Waals surface area contributed by atoms with Crippen LogP contribution in [-0.2, 0) is 0 Å². The van der Waals surface area contributed by atoms with Gasteiger partial charge in [-0.25, -0.2) is 4.98 Å². The van der Waals surface area contributed by atoms with Gasteiger partial charge in [-0.1, -0.05) is 121 Å². The van der Waals surface area contributed by atoms with Crippen molar-refractivity contribution in [3.05, 3.63) is 169 Å². The van der Waals surface area contributed by atoms with Gasteiger partial charge in [0.05, 0.1) is 22.7 Å². The molecule has 10 aromatic rings. The Morgan fingerprint density at radius 3 is 1.90 bits per heavy atom. The van der Waals surface area contributed by atoms with Crippen LogP contribution >= 0.6 is 0 Å². The lowest BCUT2D eigenvalue weighted by Gasteiger charge is -2.11. The second-order valence-corrected chi connectivity index (χ2v) is 12.8. The fourth-order valence-corrected chi connectivity index (χ4v) is 7.24. The van der Waals surface area contributed by atoms with Gasteiger partial charge in [0.1, 0.15) is 11.2 Å². The first-order chi connectivity index (χ1) is 25.7. The Kier molecular flexibility index (Phi) is 6.76. The SMILES string of the molecule is N#Cc1ccc(-c2cccc3oc4cc(-c5nc(-c6ccccc6)nc(-n6c7ccccc7c7ccc(-c8ccccc8)cc76)n5)ccc4c23)cc1. The number of hydrogen-bond acceptors (Lipinski definition) is 5. The van der Waals surface area contributed by atoms with Crippen LogP contribution in [0.25, 0.3) is 94.7 Å². The van der Waals surface area contributed by atoms with Gasteiger partial charge in [0.2, 0.25) is 5.95 Å². The average molecular weight is 666 g/mol. The number of nitriles is 1. The van der Waals surface area contributed by atoms with Crippen molar-refractivity contribution in [1.29, 1.82) is 5.26 Å². The molecule has 0 bridgehead atoms. The predicted octanol–water partition coefficient (Wildman–Crippen LogP) is 11.4. The molecule has 10 rings (SSSR count). The van der Waals surface area contributed by atoms with Crippen molar-refractivity contribution in [2.75, 3.05) is 0 Å². The number of hydrogen-bond donors (Lipinski definition) is 0. The van der Waals surface area contributed by atoms with Crippen LogP contribution in [0.1, 0.15) is 5.56 Å². The minimum atomic E-state index is 0.535. The quantitative estimate of drug-likeness (QED) is 0.183. The number of para-hydroxylation sites is 1. The zero-order chi connectivity index (χ0) is 34.6. The lowest BCUT2D eigenvalue weighted by Crippen LogP contribution is -2.06. The van der Waals surface area contributed by atoms with E-state index in [-0.39, 0.29) is 0 Å². The highest BCUT2D eigenvalue weighted by atomic mass is 16.3. The van der Waals surface area contributed by atoms with Crippen molar-refractivity contribution < 1.29 is 4.42 Å². The summed E-state index contributed by atoms with van der Waals surface area (Å²) in [6.45, 7) is 0. The van der Waals surface area contributed by atoms with Gasteiger partial charge >= 0.3 is 0 Å². The van der Waals surface area contributed by atoms with E-state index in [2.05, 4.69) is 95.6 Å². The maximum atomic E-state index is 9.32. The van der Waals surface area contributed by atoms with E-state index in [4.69, 9.17) is 19.4 Å². The molecule has 0 atom stereocenters. The maximum absolute atomic E-state index is 9.32. The third-order valence-electron chi connectivity index (χ3n) is 9.72. The second-order valence-electron chi connectivity index (χ2n) is 12.8. The first kappa shape index (κ1) is 29.5. The molecule has 0 aliphatic heterocycles. The van der Waals surface area contributed by atoms with Crippen molar-refractivity contribution in [1.82, 2.24) is 19.5 Å². The summed E-state index contributed by atoms with van der Waals surface area (Å²) in [6.07, 6.45) is 0. The summed E-state index contributed by atoms with van der Waals surface area (Å²) < 4.78 is 8.63. The smallest absolute Gasteiger partial charge is 0.238 e. The summed E-state index contributed by atoms with van der Waals surface area (Å²) >= 11 is 0. The maximum Gasteiger partial charge on any atom is 0.238 e.